The van der Waals surface area contributed by atoms with Crippen LogP contribution in [0.1, 0.15) is 5.69 Å². The third-order valence-electron chi connectivity index (χ3n) is 9.24. The number of nitriles is 1. The summed E-state index contributed by atoms with van der Waals surface area (Å²) in [5, 5.41) is 18.4. The fraction of sp³-hybridized carbons (Fsp3) is 0. The van der Waals surface area contributed by atoms with Crippen molar-refractivity contribution in [3.8, 4) is 51.1 Å². The molecular formula is C44H24N6. The van der Waals surface area contributed by atoms with Crippen LogP contribution in [-0.2, 0) is 0 Å². The molecule has 9 aromatic rings. The van der Waals surface area contributed by atoms with Gasteiger partial charge in [0, 0.05) is 33.7 Å². The zero-order valence-corrected chi connectivity index (χ0v) is 26.5. The van der Waals surface area contributed by atoms with E-state index in [1.807, 2.05) is 36.4 Å². The van der Waals surface area contributed by atoms with Crippen molar-refractivity contribution in [3.63, 3.8) is 0 Å². The average Bonchev–Trinajstić information content (AvgIpc) is 3.20. The summed E-state index contributed by atoms with van der Waals surface area (Å²) in [5.74, 6) is 0.331. The first-order valence-electron chi connectivity index (χ1n) is 16.1. The van der Waals surface area contributed by atoms with E-state index in [1.165, 1.54) is 0 Å². The molecule has 0 bridgehead atoms. The molecule has 4 heterocycles. The molecule has 4 aromatic heterocycles. The quantitative estimate of drug-likeness (QED) is 0.109. The van der Waals surface area contributed by atoms with Crippen LogP contribution in [0, 0.1) is 17.9 Å². The van der Waals surface area contributed by atoms with Crippen LogP contribution in [-0.4, -0.2) is 19.9 Å². The molecule has 9 rings (SSSR count). The van der Waals surface area contributed by atoms with E-state index >= 15 is 0 Å². The molecule has 0 unspecified atom stereocenters. The summed E-state index contributed by atoms with van der Waals surface area (Å²) < 4.78 is 0. The first kappa shape index (κ1) is 28.9. The topological polar surface area (TPSA) is 79.7 Å². The number of rotatable bonds is 4. The molecule has 0 saturated heterocycles. The van der Waals surface area contributed by atoms with Crippen LogP contribution < -0.4 is 0 Å². The molecule has 0 aliphatic rings. The van der Waals surface area contributed by atoms with E-state index in [1.54, 1.807) is 24.5 Å². The van der Waals surface area contributed by atoms with E-state index in [0.29, 0.717) is 11.5 Å². The maximum atomic E-state index is 9.54. The predicted octanol–water partition coefficient (Wildman–Crippen LogP) is 11.0. The smallest absolute Gasteiger partial charge is 0.270 e. The van der Waals surface area contributed by atoms with E-state index in [9.17, 15) is 5.26 Å². The molecule has 0 saturated carbocycles. The Morgan fingerprint density at radius 1 is 0.480 bits per heavy atom. The van der Waals surface area contributed by atoms with Gasteiger partial charge in [-0.3, -0.25) is 0 Å². The second-order valence-corrected chi connectivity index (χ2v) is 12.0. The number of nitrogens with zero attached hydrogens (tertiary/aromatic N) is 6. The van der Waals surface area contributed by atoms with Gasteiger partial charge < -0.3 is 4.85 Å². The maximum absolute atomic E-state index is 9.54. The molecule has 0 aliphatic heterocycles. The van der Waals surface area contributed by atoms with Crippen LogP contribution >= 0.6 is 0 Å². The Morgan fingerprint density at radius 3 is 1.46 bits per heavy atom. The van der Waals surface area contributed by atoms with Crippen molar-refractivity contribution in [1.82, 2.24) is 19.9 Å². The monoisotopic (exact) mass is 636 g/mol. The molecule has 5 aromatic carbocycles. The van der Waals surface area contributed by atoms with Gasteiger partial charge in [0.05, 0.1) is 22.8 Å². The highest BCUT2D eigenvalue weighted by Crippen LogP contribution is 2.49. The molecule has 0 fully saturated rings. The zero-order chi connectivity index (χ0) is 33.6. The number of benzene rings is 5. The van der Waals surface area contributed by atoms with Crippen molar-refractivity contribution in [2.45, 2.75) is 0 Å². The minimum absolute atomic E-state index is 0.331. The summed E-state index contributed by atoms with van der Waals surface area (Å²) in [4.78, 5) is 22.4. The van der Waals surface area contributed by atoms with Gasteiger partial charge in [0.15, 0.2) is 0 Å². The fourth-order valence-corrected chi connectivity index (χ4v) is 7.14. The van der Waals surface area contributed by atoms with Crippen LogP contribution in [0.15, 0.2) is 146 Å². The normalized spacial score (nSPS) is 11.2. The molecule has 0 amide bonds. The number of hydrogen-bond acceptors (Lipinski definition) is 5. The highest BCUT2D eigenvalue weighted by Gasteiger charge is 2.23. The minimum Gasteiger partial charge on any atom is -0.361 e. The largest absolute Gasteiger partial charge is 0.361 e. The zero-order valence-electron chi connectivity index (χ0n) is 26.5. The highest BCUT2D eigenvalue weighted by molar-refractivity contribution is 6.36. The van der Waals surface area contributed by atoms with Crippen molar-refractivity contribution in [3.05, 3.63) is 163 Å². The molecular weight excluding hydrogens is 613 g/mol. The number of pyridine rings is 4. The molecule has 0 spiro atoms. The van der Waals surface area contributed by atoms with Gasteiger partial charge in [-0.2, -0.15) is 5.26 Å². The van der Waals surface area contributed by atoms with Gasteiger partial charge >= 0.3 is 0 Å². The predicted molar refractivity (Wildman–Crippen MR) is 200 cm³/mol. The van der Waals surface area contributed by atoms with E-state index in [2.05, 4.69) is 106 Å². The molecule has 50 heavy (non-hydrogen) atoms. The first-order chi connectivity index (χ1) is 24.7. The first-order valence-corrected chi connectivity index (χ1v) is 16.1. The summed E-state index contributed by atoms with van der Waals surface area (Å²) in [6.07, 6.45) is 3.31. The van der Waals surface area contributed by atoms with Crippen LogP contribution in [0.2, 0.25) is 0 Å². The van der Waals surface area contributed by atoms with Gasteiger partial charge in [0.1, 0.15) is 18.0 Å². The standard InChI is InChI=1S/C44H24N6/c1-46-40-25-28(21-23-48-40)37-17-9-19-39(50-37)42-35-15-7-6-14-34(35)41(38-18-8-16-36(49-38)27-20-22-47-29(24-27)26-45)43-32-12-4-2-10-30(32)31-11-3-5-13-33(31)44(42)43/h2-25H. The third kappa shape index (κ3) is 4.64. The Balaban J connectivity index is 1.45. The van der Waals surface area contributed by atoms with Crippen molar-refractivity contribution < 1.29 is 0 Å². The number of fused-ring (bicyclic) bond motifs is 7. The molecule has 0 aliphatic carbocycles. The van der Waals surface area contributed by atoms with Crippen molar-refractivity contribution in [2.75, 3.05) is 0 Å². The Morgan fingerprint density at radius 2 is 0.940 bits per heavy atom. The van der Waals surface area contributed by atoms with Crippen LogP contribution in [0.25, 0.3) is 93.0 Å². The molecule has 0 atom stereocenters. The van der Waals surface area contributed by atoms with Gasteiger partial charge in [-0.25, -0.2) is 15.0 Å². The lowest BCUT2D eigenvalue weighted by atomic mass is 9.83. The lowest BCUT2D eigenvalue weighted by Crippen LogP contribution is -1.97. The van der Waals surface area contributed by atoms with Crippen molar-refractivity contribution in [1.29, 1.82) is 5.26 Å². The third-order valence-corrected chi connectivity index (χ3v) is 9.24. The minimum atomic E-state index is 0.331. The van der Waals surface area contributed by atoms with Crippen LogP contribution in [0.3, 0.4) is 0 Å². The summed E-state index contributed by atoms with van der Waals surface area (Å²) in [7, 11) is 0. The van der Waals surface area contributed by atoms with Gasteiger partial charge in [-0.1, -0.05) is 91.5 Å². The lowest BCUT2D eigenvalue weighted by molar-refractivity contribution is 1.25. The highest BCUT2D eigenvalue weighted by atomic mass is 14.9. The molecule has 6 nitrogen and oxygen atoms in total. The average molecular weight is 637 g/mol. The van der Waals surface area contributed by atoms with Gasteiger partial charge in [-0.05, 0) is 86.4 Å². The Bertz CT molecular complexity index is 2720. The van der Waals surface area contributed by atoms with Crippen LogP contribution in [0.4, 0.5) is 5.82 Å². The van der Waals surface area contributed by atoms with E-state index < -0.39 is 0 Å². The second kappa shape index (κ2) is 11.8. The molecule has 230 valence electrons. The van der Waals surface area contributed by atoms with Gasteiger partial charge in [-0.15, -0.1) is 4.98 Å². The summed E-state index contributed by atoms with van der Waals surface area (Å²) >= 11 is 0. The van der Waals surface area contributed by atoms with Gasteiger partial charge in [0.25, 0.3) is 5.82 Å². The molecule has 0 radical (unpaired) electrons. The van der Waals surface area contributed by atoms with Crippen molar-refractivity contribution >= 4 is 48.9 Å². The van der Waals surface area contributed by atoms with E-state index in [0.717, 1.165) is 88.1 Å². The van der Waals surface area contributed by atoms with E-state index in [4.69, 9.17) is 16.5 Å². The Labute approximate surface area is 287 Å². The summed E-state index contributed by atoms with van der Waals surface area (Å²) in [6.45, 7) is 7.50. The Hall–Kier alpha value is -7.28. The number of hydrogen-bond donors (Lipinski definition) is 0. The van der Waals surface area contributed by atoms with Crippen LogP contribution in [0.5, 0.6) is 0 Å². The van der Waals surface area contributed by atoms with E-state index in [-0.39, 0.29) is 0 Å². The fourth-order valence-electron chi connectivity index (χ4n) is 7.14. The SMILES string of the molecule is [C-]#[N+]c1cc(-c2cccc(-c3c4ccccc4c(-c4cccc(-c5ccnc(C#N)c5)n4)c4c5ccccc5c5ccccc5c34)n2)ccn1. The molecule has 6 heteroatoms. The Kier molecular flexibility index (Phi) is 6.79. The lowest BCUT2D eigenvalue weighted by Gasteiger charge is -2.21. The van der Waals surface area contributed by atoms with Gasteiger partial charge in [0.2, 0.25) is 0 Å². The summed E-state index contributed by atoms with van der Waals surface area (Å²) in [5.41, 5.74) is 7.27. The van der Waals surface area contributed by atoms with Crippen molar-refractivity contribution in [2.24, 2.45) is 0 Å². The molecule has 0 N–H and O–H groups in total. The maximum Gasteiger partial charge on any atom is 0.270 e. The number of aromatic nitrogens is 4. The second-order valence-electron chi connectivity index (χ2n) is 12.0. The summed E-state index contributed by atoms with van der Waals surface area (Å²) in [6, 6.07) is 47.3.